The second kappa shape index (κ2) is 10.4. The Morgan fingerprint density at radius 3 is 2.93 bits per heavy atom. The van der Waals surface area contributed by atoms with Crippen molar-refractivity contribution in [3.8, 4) is 6.07 Å². The van der Waals surface area contributed by atoms with Gasteiger partial charge < -0.3 is 10.1 Å². The number of nitrogens with zero attached hydrogens (tertiary/aromatic N) is 4. The maximum atomic E-state index is 11.3. The molecule has 142 valence electrons. The standard InChI is InChI=1S/C19H23N5O2S/c1-4-26-18(25)8-9-21-16-6-5-15(13(2)11-16)7-10-22-23-19-17(12-20)14(3)24-27-19/h5-6,11,21H,4,7-10H2,1-3H3. The van der Waals surface area contributed by atoms with Gasteiger partial charge in [0.15, 0.2) is 5.00 Å². The van der Waals surface area contributed by atoms with E-state index in [9.17, 15) is 4.79 Å². The molecule has 1 aromatic heterocycles. The molecule has 0 unspecified atom stereocenters. The highest BCUT2D eigenvalue weighted by Gasteiger charge is 2.09. The van der Waals surface area contributed by atoms with Crippen LogP contribution in [0.1, 0.15) is 35.7 Å². The molecule has 1 aromatic carbocycles. The zero-order chi connectivity index (χ0) is 19.6. The van der Waals surface area contributed by atoms with E-state index in [-0.39, 0.29) is 5.97 Å². The molecule has 0 aliphatic heterocycles. The number of hydrogen-bond donors (Lipinski definition) is 1. The van der Waals surface area contributed by atoms with Crippen LogP contribution in [0, 0.1) is 25.2 Å². The Kier molecular flexibility index (Phi) is 7.89. The molecule has 0 radical (unpaired) electrons. The Hall–Kier alpha value is -2.79. The Bertz CT molecular complexity index is 854. The first-order valence-corrected chi connectivity index (χ1v) is 9.55. The van der Waals surface area contributed by atoms with Gasteiger partial charge in [0.05, 0.1) is 25.3 Å². The normalized spacial score (nSPS) is 10.7. The van der Waals surface area contributed by atoms with Gasteiger partial charge in [0.2, 0.25) is 0 Å². The van der Waals surface area contributed by atoms with Crippen molar-refractivity contribution in [1.82, 2.24) is 4.37 Å². The number of nitriles is 1. The highest BCUT2D eigenvalue weighted by molar-refractivity contribution is 7.10. The summed E-state index contributed by atoms with van der Waals surface area (Å²) in [7, 11) is 0. The minimum absolute atomic E-state index is 0.195. The lowest BCUT2D eigenvalue weighted by Gasteiger charge is -2.10. The molecule has 0 atom stereocenters. The monoisotopic (exact) mass is 385 g/mol. The summed E-state index contributed by atoms with van der Waals surface area (Å²) in [4.78, 5) is 11.3. The number of carbonyl (C=O) groups excluding carboxylic acids is 1. The molecule has 2 rings (SSSR count). The molecule has 0 saturated heterocycles. The number of azo groups is 1. The Morgan fingerprint density at radius 2 is 2.22 bits per heavy atom. The summed E-state index contributed by atoms with van der Waals surface area (Å²) < 4.78 is 9.03. The average molecular weight is 385 g/mol. The lowest BCUT2D eigenvalue weighted by Crippen LogP contribution is -2.11. The van der Waals surface area contributed by atoms with Gasteiger partial charge in [0.25, 0.3) is 0 Å². The zero-order valence-corrected chi connectivity index (χ0v) is 16.6. The van der Waals surface area contributed by atoms with Crippen molar-refractivity contribution < 1.29 is 9.53 Å². The fraction of sp³-hybridized carbons (Fsp3) is 0.421. The molecule has 0 aliphatic carbocycles. The first-order chi connectivity index (χ1) is 13.0. The Morgan fingerprint density at radius 1 is 1.41 bits per heavy atom. The number of aryl methyl sites for hydroxylation is 2. The molecule has 0 aliphatic rings. The van der Waals surface area contributed by atoms with Crippen LogP contribution in [0.25, 0.3) is 0 Å². The molecule has 1 N–H and O–H groups in total. The van der Waals surface area contributed by atoms with Gasteiger partial charge in [-0.2, -0.15) is 14.7 Å². The minimum atomic E-state index is -0.195. The second-order valence-corrected chi connectivity index (χ2v) is 6.65. The van der Waals surface area contributed by atoms with Gasteiger partial charge in [0.1, 0.15) is 11.6 Å². The van der Waals surface area contributed by atoms with E-state index in [1.807, 2.05) is 13.0 Å². The number of hydrogen-bond acceptors (Lipinski definition) is 8. The molecule has 2 aromatic rings. The topological polar surface area (TPSA) is 99.7 Å². The van der Waals surface area contributed by atoms with Crippen molar-refractivity contribution in [2.24, 2.45) is 10.2 Å². The van der Waals surface area contributed by atoms with Crippen LogP contribution in [-0.4, -0.2) is 30.0 Å². The summed E-state index contributed by atoms with van der Waals surface area (Å²) in [5, 5.41) is 21.2. The molecule has 0 fully saturated rings. The summed E-state index contributed by atoms with van der Waals surface area (Å²) in [6, 6.07) is 8.20. The van der Waals surface area contributed by atoms with Gasteiger partial charge in [-0.15, -0.1) is 5.11 Å². The largest absolute Gasteiger partial charge is 0.466 e. The van der Waals surface area contributed by atoms with Gasteiger partial charge in [-0.05, 0) is 62.0 Å². The molecule has 0 bridgehead atoms. The van der Waals surface area contributed by atoms with Crippen LogP contribution >= 0.6 is 11.5 Å². The summed E-state index contributed by atoms with van der Waals surface area (Å²) in [5.74, 6) is -0.195. The lowest BCUT2D eigenvalue weighted by atomic mass is 10.1. The fourth-order valence-corrected chi connectivity index (χ4v) is 3.16. The third-order valence-electron chi connectivity index (χ3n) is 3.91. The number of nitrogens with one attached hydrogen (secondary N) is 1. The number of aromatic nitrogens is 1. The molecular weight excluding hydrogens is 362 g/mol. The van der Waals surface area contributed by atoms with Gasteiger partial charge in [-0.25, -0.2) is 0 Å². The maximum absolute atomic E-state index is 11.3. The van der Waals surface area contributed by atoms with Crippen molar-refractivity contribution in [2.45, 2.75) is 33.6 Å². The van der Waals surface area contributed by atoms with Crippen LogP contribution in [0.4, 0.5) is 10.7 Å². The quantitative estimate of drug-likeness (QED) is 0.512. The summed E-state index contributed by atoms with van der Waals surface area (Å²) in [5.41, 5.74) is 4.50. The van der Waals surface area contributed by atoms with E-state index < -0.39 is 0 Å². The maximum Gasteiger partial charge on any atom is 0.307 e. The lowest BCUT2D eigenvalue weighted by molar-refractivity contribution is -0.142. The number of esters is 1. The van der Waals surface area contributed by atoms with E-state index in [4.69, 9.17) is 10.00 Å². The molecule has 0 spiro atoms. The van der Waals surface area contributed by atoms with E-state index in [2.05, 4.69) is 38.1 Å². The number of rotatable bonds is 9. The Labute approximate surface area is 163 Å². The van der Waals surface area contributed by atoms with E-state index in [0.29, 0.717) is 42.4 Å². The van der Waals surface area contributed by atoms with Gasteiger partial charge in [-0.1, -0.05) is 6.07 Å². The molecule has 7 nitrogen and oxygen atoms in total. The van der Waals surface area contributed by atoms with Crippen molar-refractivity contribution in [3.63, 3.8) is 0 Å². The van der Waals surface area contributed by atoms with Crippen LogP contribution < -0.4 is 5.32 Å². The number of anilines is 1. The van der Waals surface area contributed by atoms with E-state index in [0.717, 1.165) is 17.7 Å². The zero-order valence-electron chi connectivity index (χ0n) is 15.8. The second-order valence-electron chi connectivity index (χ2n) is 5.90. The average Bonchev–Trinajstić information content (AvgIpc) is 3.00. The van der Waals surface area contributed by atoms with Crippen LogP contribution in [-0.2, 0) is 16.0 Å². The number of benzene rings is 1. The van der Waals surface area contributed by atoms with Gasteiger partial charge in [-0.3, -0.25) is 4.79 Å². The molecule has 0 amide bonds. The van der Waals surface area contributed by atoms with Gasteiger partial charge in [0, 0.05) is 12.2 Å². The highest BCUT2D eigenvalue weighted by atomic mass is 32.1. The highest BCUT2D eigenvalue weighted by Crippen LogP contribution is 2.26. The van der Waals surface area contributed by atoms with Crippen LogP contribution in [0.3, 0.4) is 0 Å². The van der Waals surface area contributed by atoms with E-state index >= 15 is 0 Å². The fourth-order valence-electron chi connectivity index (χ4n) is 2.47. The smallest absolute Gasteiger partial charge is 0.307 e. The number of ether oxygens (including phenoxy) is 1. The summed E-state index contributed by atoms with van der Waals surface area (Å²) in [6.45, 7) is 7.13. The first kappa shape index (κ1) is 20.5. The third kappa shape index (κ3) is 6.15. The van der Waals surface area contributed by atoms with Gasteiger partial charge >= 0.3 is 5.97 Å². The predicted molar refractivity (Wildman–Crippen MR) is 106 cm³/mol. The third-order valence-corrected chi connectivity index (χ3v) is 4.73. The number of carbonyl (C=O) groups is 1. The van der Waals surface area contributed by atoms with Crippen LogP contribution in [0.2, 0.25) is 0 Å². The summed E-state index contributed by atoms with van der Waals surface area (Å²) in [6.07, 6.45) is 1.11. The summed E-state index contributed by atoms with van der Waals surface area (Å²) >= 11 is 1.19. The van der Waals surface area contributed by atoms with E-state index in [1.165, 1.54) is 17.1 Å². The van der Waals surface area contributed by atoms with Crippen molar-refractivity contribution in [1.29, 1.82) is 5.26 Å². The first-order valence-electron chi connectivity index (χ1n) is 8.78. The minimum Gasteiger partial charge on any atom is -0.466 e. The van der Waals surface area contributed by atoms with Crippen molar-refractivity contribution in [2.75, 3.05) is 25.0 Å². The molecule has 1 heterocycles. The van der Waals surface area contributed by atoms with Crippen molar-refractivity contribution >= 4 is 28.2 Å². The molecule has 0 saturated carbocycles. The molecular formula is C19H23N5O2S. The SMILES string of the molecule is CCOC(=O)CCNc1ccc(CCN=Nc2snc(C)c2C#N)c(C)c1. The predicted octanol–water partition coefficient (Wildman–Crippen LogP) is 4.32. The van der Waals surface area contributed by atoms with Crippen LogP contribution in [0.5, 0.6) is 0 Å². The van der Waals surface area contributed by atoms with E-state index in [1.54, 1.807) is 13.8 Å². The Balaban J connectivity index is 1.84. The van der Waals surface area contributed by atoms with Crippen LogP contribution in [0.15, 0.2) is 28.4 Å². The van der Waals surface area contributed by atoms with Crippen molar-refractivity contribution in [3.05, 3.63) is 40.6 Å². The molecule has 8 heteroatoms. The molecule has 27 heavy (non-hydrogen) atoms.